The van der Waals surface area contributed by atoms with E-state index in [2.05, 4.69) is 5.32 Å². The van der Waals surface area contributed by atoms with E-state index >= 15 is 0 Å². The Morgan fingerprint density at radius 1 is 1.24 bits per heavy atom. The molecule has 0 aliphatic heterocycles. The van der Waals surface area contributed by atoms with Crippen LogP contribution in [0.3, 0.4) is 0 Å². The largest absolute Gasteiger partial charge is 0.462 e. The topological polar surface area (TPSA) is 86.2 Å². The van der Waals surface area contributed by atoms with Gasteiger partial charge in [-0.3, -0.25) is 18.7 Å². The van der Waals surface area contributed by atoms with Gasteiger partial charge in [-0.25, -0.2) is 4.79 Å². The second-order valence-corrected chi connectivity index (χ2v) is 4.54. The molecular weight excluding hydrogens is 274 g/mol. The summed E-state index contributed by atoms with van der Waals surface area (Å²) in [6.45, 7) is 1.80. The fourth-order valence-electron chi connectivity index (χ4n) is 1.72. The number of aryl methyl sites for hydroxylation is 1. The molecule has 0 atom stereocenters. The lowest BCUT2D eigenvalue weighted by atomic mass is 10.3. The number of carbonyl (C=O) groups excluding carboxylic acids is 1. The van der Waals surface area contributed by atoms with Gasteiger partial charge in [-0.1, -0.05) is 0 Å². The van der Waals surface area contributed by atoms with Crippen molar-refractivity contribution in [2.24, 2.45) is 14.1 Å². The first-order chi connectivity index (χ1) is 9.88. The molecule has 0 bridgehead atoms. The van der Waals surface area contributed by atoms with Gasteiger partial charge in [0.25, 0.3) is 5.56 Å². The maximum absolute atomic E-state index is 11.8. The summed E-state index contributed by atoms with van der Waals surface area (Å²) in [7, 11) is 2.84. The van der Waals surface area contributed by atoms with E-state index in [-0.39, 0.29) is 5.82 Å². The number of amides is 1. The van der Waals surface area contributed by atoms with Gasteiger partial charge in [-0.05, 0) is 25.1 Å². The highest BCUT2D eigenvalue weighted by Gasteiger charge is 2.07. The summed E-state index contributed by atoms with van der Waals surface area (Å²) >= 11 is 0. The predicted molar refractivity (Wildman–Crippen MR) is 78.0 cm³/mol. The number of hydrogen-bond donors (Lipinski definition) is 1. The second-order valence-electron chi connectivity index (χ2n) is 4.54. The molecule has 7 nitrogen and oxygen atoms in total. The third-order valence-electron chi connectivity index (χ3n) is 2.94. The minimum absolute atomic E-state index is 0.133. The molecule has 2 aromatic rings. The fourth-order valence-corrected chi connectivity index (χ4v) is 1.72. The molecule has 110 valence electrons. The number of carbonyl (C=O) groups is 1. The quantitative estimate of drug-likeness (QED) is 0.840. The first kappa shape index (κ1) is 14.6. The molecular formula is C14H15N3O4. The van der Waals surface area contributed by atoms with Gasteiger partial charge in [0.2, 0.25) is 5.91 Å². The molecule has 1 amide bonds. The SMILES string of the molecule is Cc1ccc(C=CC(=O)Nc2cc(=O)n(C)c(=O)n2C)o1. The van der Waals surface area contributed by atoms with Crippen LogP contribution >= 0.6 is 0 Å². The van der Waals surface area contributed by atoms with Crippen molar-refractivity contribution in [1.82, 2.24) is 9.13 Å². The zero-order chi connectivity index (χ0) is 15.6. The average Bonchev–Trinajstić information content (AvgIpc) is 2.86. The van der Waals surface area contributed by atoms with E-state index in [1.165, 1.54) is 36.9 Å². The van der Waals surface area contributed by atoms with E-state index in [0.29, 0.717) is 5.76 Å². The Kier molecular flexibility index (Phi) is 3.93. The van der Waals surface area contributed by atoms with Crippen LogP contribution in [-0.4, -0.2) is 15.0 Å². The lowest BCUT2D eigenvalue weighted by molar-refractivity contribution is -0.111. The highest BCUT2D eigenvalue weighted by atomic mass is 16.3. The highest BCUT2D eigenvalue weighted by Crippen LogP contribution is 2.08. The third-order valence-corrected chi connectivity index (χ3v) is 2.94. The first-order valence-electron chi connectivity index (χ1n) is 6.21. The molecule has 0 saturated carbocycles. The third kappa shape index (κ3) is 3.19. The molecule has 21 heavy (non-hydrogen) atoms. The number of furan rings is 1. The van der Waals surface area contributed by atoms with E-state index in [4.69, 9.17) is 4.42 Å². The van der Waals surface area contributed by atoms with Gasteiger partial charge in [0.15, 0.2) is 0 Å². The van der Waals surface area contributed by atoms with Crippen molar-refractivity contribution in [3.05, 3.63) is 56.6 Å². The predicted octanol–water partition coefficient (Wildman–Crippen LogP) is 0.637. The van der Waals surface area contributed by atoms with Crippen molar-refractivity contribution in [1.29, 1.82) is 0 Å². The Labute approximate surface area is 120 Å². The summed E-state index contributed by atoms with van der Waals surface area (Å²) in [5.74, 6) is 0.949. The van der Waals surface area contributed by atoms with Crippen molar-refractivity contribution in [3.8, 4) is 0 Å². The van der Waals surface area contributed by atoms with Crippen LogP contribution < -0.4 is 16.6 Å². The molecule has 0 radical (unpaired) electrons. The van der Waals surface area contributed by atoms with Gasteiger partial charge in [0, 0.05) is 26.2 Å². The average molecular weight is 289 g/mol. The molecule has 0 unspecified atom stereocenters. The van der Waals surface area contributed by atoms with Crippen molar-refractivity contribution in [3.63, 3.8) is 0 Å². The van der Waals surface area contributed by atoms with E-state index in [0.717, 1.165) is 10.3 Å². The van der Waals surface area contributed by atoms with Gasteiger partial charge < -0.3 is 9.73 Å². The molecule has 0 aliphatic carbocycles. The van der Waals surface area contributed by atoms with Crippen molar-refractivity contribution in [2.75, 3.05) is 5.32 Å². The van der Waals surface area contributed by atoms with Crippen LogP contribution in [0, 0.1) is 6.92 Å². The normalized spacial score (nSPS) is 11.0. The van der Waals surface area contributed by atoms with Gasteiger partial charge in [-0.15, -0.1) is 0 Å². The van der Waals surface area contributed by atoms with E-state index < -0.39 is 17.2 Å². The van der Waals surface area contributed by atoms with E-state index in [9.17, 15) is 14.4 Å². The van der Waals surface area contributed by atoms with Crippen LogP contribution in [0.1, 0.15) is 11.5 Å². The molecule has 1 N–H and O–H groups in total. The first-order valence-corrected chi connectivity index (χ1v) is 6.21. The van der Waals surface area contributed by atoms with Gasteiger partial charge in [-0.2, -0.15) is 0 Å². The van der Waals surface area contributed by atoms with Crippen molar-refractivity contribution < 1.29 is 9.21 Å². The highest BCUT2D eigenvalue weighted by molar-refractivity contribution is 6.01. The standard InChI is InChI=1S/C14H15N3O4/c1-9-4-5-10(21-9)6-7-12(18)15-11-8-13(19)17(3)14(20)16(11)2/h4-8H,1-3H3,(H,15,18). The maximum atomic E-state index is 11.8. The number of hydrogen-bond acceptors (Lipinski definition) is 4. The van der Waals surface area contributed by atoms with Gasteiger partial charge in [0.1, 0.15) is 17.3 Å². The molecule has 2 heterocycles. The Bertz CT molecular complexity index is 823. The summed E-state index contributed by atoms with van der Waals surface area (Å²) < 4.78 is 7.43. The maximum Gasteiger partial charge on any atom is 0.332 e. The Balaban J connectivity index is 2.19. The number of nitrogens with one attached hydrogen (secondary N) is 1. The Hall–Kier alpha value is -2.83. The molecule has 2 aromatic heterocycles. The minimum Gasteiger partial charge on any atom is -0.462 e. The van der Waals surface area contributed by atoms with Crippen LogP contribution in [0.25, 0.3) is 6.08 Å². The van der Waals surface area contributed by atoms with Crippen LogP contribution in [0.5, 0.6) is 0 Å². The van der Waals surface area contributed by atoms with Crippen LogP contribution in [-0.2, 0) is 18.9 Å². The molecule has 0 fully saturated rings. The van der Waals surface area contributed by atoms with Crippen LogP contribution in [0.4, 0.5) is 5.82 Å². The van der Waals surface area contributed by atoms with E-state index in [1.54, 1.807) is 19.1 Å². The van der Waals surface area contributed by atoms with Crippen LogP contribution in [0.15, 0.2) is 38.3 Å². The number of rotatable bonds is 3. The van der Waals surface area contributed by atoms with Crippen LogP contribution in [0.2, 0.25) is 0 Å². The van der Waals surface area contributed by atoms with Gasteiger partial charge in [0.05, 0.1) is 0 Å². The smallest absolute Gasteiger partial charge is 0.332 e. The van der Waals surface area contributed by atoms with Crippen molar-refractivity contribution in [2.45, 2.75) is 6.92 Å². The summed E-state index contributed by atoms with van der Waals surface area (Å²) in [5.41, 5.74) is -0.998. The summed E-state index contributed by atoms with van der Waals surface area (Å²) in [4.78, 5) is 35.0. The fraction of sp³-hybridized carbons (Fsp3) is 0.214. The zero-order valence-electron chi connectivity index (χ0n) is 11.9. The van der Waals surface area contributed by atoms with Gasteiger partial charge >= 0.3 is 5.69 Å². The number of aromatic nitrogens is 2. The lowest BCUT2D eigenvalue weighted by Crippen LogP contribution is -2.37. The second kappa shape index (κ2) is 5.66. The number of anilines is 1. The molecule has 0 saturated heterocycles. The summed E-state index contributed by atoms with van der Waals surface area (Å²) in [6, 6.07) is 4.69. The Morgan fingerprint density at radius 3 is 2.57 bits per heavy atom. The summed E-state index contributed by atoms with van der Waals surface area (Å²) in [6.07, 6.45) is 2.77. The molecule has 0 spiro atoms. The summed E-state index contributed by atoms with van der Waals surface area (Å²) in [5, 5.41) is 2.48. The lowest BCUT2D eigenvalue weighted by Gasteiger charge is -2.08. The monoisotopic (exact) mass is 289 g/mol. The van der Waals surface area contributed by atoms with E-state index in [1.807, 2.05) is 0 Å². The molecule has 7 heteroatoms. The molecule has 2 rings (SSSR count). The Morgan fingerprint density at radius 2 is 1.95 bits per heavy atom. The zero-order valence-corrected chi connectivity index (χ0v) is 11.9. The molecule has 0 aliphatic rings. The number of nitrogens with zero attached hydrogens (tertiary/aromatic N) is 2. The molecule has 0 aromatic carbocycles. The minimum atomic E-state index is -0.511. The van der Waals surface area contributed by atoms with Crippen molar-refractivity contribution >= 4 is 17.8 Å².